The number of hydrogen-bond donors (Lipinski definition) is 2. The summed E-state index contributed by atoms with van der Waals surface area (Å²) in [5.41, 5.74) is 0.102. The molecular formula is C40H69ClO4. The highest BCUT2D eigenvalue weighted by Crippen LogP contribution is 2.48. The van der Waals surface area contributed by atoms with Gasteiger partial charge in [-0.2, -0.15) is 0 Å². The maximum atomic E-state index is 12.1. The molecule has 4 nitrogen and oxygen atoms in total. The molecule has 2 fully saturated rings. The van der Waals surface area contributed by atoms with Crippen LogP contribution in [0.25, 0.3) is 0 Å². The SMILES string of the molecule is CCCCCCCCCCCCCCCC=CCOC(=O)CCC/C=C\C[C@@H]1[C@@H](/C=C\C[C@H](O)C2(CC)CCC2)[C@H](O)C[C@H]1Cl. The number of aliphatic hydroxyl groups is 2. The number of unbranched alkanes of at least 4 members (excludes halogenated alkanes) is 14. The normalized spacial score (nSPS) is 23.8. The van der Waals surface area contributed by atoms with Gasteiger partial charge in [0.1, 0.15) is 6.61 Å². The molecule has 0 amide bonds. The molecule has 0 unspecified atom stereocenters. The maximum absolute atomic E-state index is 12.1. The minimum atomic E-state index is -0.429. The number of esters is 1. The number of hydrogen-bond acceptors (Lipinski definition) is 4. The summed E-state index contributed by atoms with van der Waals surface area (Å²) in [6, 6.07) is 0. The Bertz CT molecular complexity index is 827. The fraction of sp³-hybridized carbons (Fsp3) is 0.825. The zero-order valence-corrected chi connectivity index (χ0v) is 29.9. The van der Waals surface area contributed by atoms with Crippen molar-refractivity contribution in [1.82, 2.24) is 0 Å². The van der Waals surface area contributed by atoms with Gasteiger partial charge in [-0.15, -0.1) is 11.6 Å². The predicted molar refractivity (Wildman–Crippen MR) is 192 cm³/mol. The van der Waals surface area contributed by atoms with Gasteiger partial charge in [-0.1, -0.05) is 134 Å². The van der Waals surface area contributed by atoms with Gasteiger partial charge >= 0.3 is 5.97 Å². The smallest absolute Gasteiger partial charge is 0.306 e. The van der Waals surface area contributed by atoms with Gasteiger partial charge in [0.25, 0.3) is 0 Å². The lowest BCUT2D eigenvalue weighted by Gasteiger charge is -2.45. The fourth-order valence-electron chi connectivity index (χ4n) is 7.25. The first-order valence-electron chi connectivity index (χ1n) is 19.1. The Morgan fingerprint density at radius 2 is 1.44 bits per heavy atom. The summed E-state index contributed by atoms with van der Waals surface area (Å²) in [6.07, 6.45) is 39.4. The Labute approximate surface area is 282 Å². The Morgan fingerprint density at radius 1 is 0.844 bits per heavy atom. The molecule has 0 saturated heterocycles. The highest BCUT2D eigenvalue weighted by atomic mass is 35.5. The van der Waals surface area contributed by atoms with Crippen LogP contribution >= 0.6 is 11.6 Å². The van der Waals surface area contributed by atoms with Gasteiger partial charge in [0.2, 0.25) is 0 Å². The molecule has 0 aromatic rings. The molecule has 0 heterocycles. The van der Waals surface area contributed by atoms with Crippen LogP contribution in [0.4, 0.5) is 0 Å². The van der Waals surface area contributed by atoms with Crippen LogP contribution in [0.15, 0.2) is 36.5 Å². The highest BCUT2D eigenvalue weighted by Gasteiger charge is 2.42. The van der Waals surface area contributed by atoms with Crippen LogP contribution in [0.3, 0.4) is 0 Å². The summed E-state index contributed by atoms with van der Waals surface area (Å²) in [6.45, 7) is 4.83. The monoisotopic (exact) mass is 648 g/mol. The molecule has 2 N–H and O–H groups in total. The van der Waals surface area contributed by atoms with Crippen molar-refractivity contribution in [2.75, 3.05) is 6.61 Å². The first kappa shape index (κ1) is 40.1. The Morgan fingerprint density at radius 3 is 2.04 bits per heavy atom. The van der Waals surface area contributed by atoms with Gasteiger partial charge in [-0.25, -0.2) is 0 Å². The van der Waals surface area contributed by atoms with Crippen molar-refractivity contribution < 1.29 is 19.7 Å². The van der Waals surface area contributed by atoms with Gasteiger partial charge in [0, 0.05) is 17.7 Å². The van der Waals surface area contributed by atoms with Crippen molar-refractivity contribution in [3.8, 4) is 0 Å². The summed E-state index contributed by atoms with van der Waals surface area (Å²) in [4.78, 5) is 12.1. The molecule has 0 bridgehead atoms. The Kier molecular flexibility index (Phi) is 22.3. The standard InChI is InChI=1S/C40H69ClO4/c1-3-5-6-7-8-9-10-11-12-13-14-15-16-17-20-23-32-45-39(44)29-22-19-18-21-26-34-35(37(42)33-36(34)41)27-24-28-38(43)40(4-2)30-25-31-40/h18,20-21,23-24,27,34-38,42-43H,3-17,19,22,25-26,28-33H2,1-2H3/b21-18-,23-20?,27-24-/t34-,35-,36-,37-,38+/m1/s1. The average molecular weight is 649 g/mol. The number of halogens is 1. The number of ether oxygens (including phenoxy) is 1. The topological polar surface area (TPSA) is 66.8 Å². The van der Waals surface area contributed by atoms with Crippen molar-refractivity contribution in [2.45, 2.75) is 186 Å². The number of carbonyl (C=O) groups is 1. The van der Waals surface area contributed by atoms with Crippen LogP contribution in [0.2, 0.25) is 0 Å². The zero-order chi connectivity index (χ0) is 32.6. The molecule has 0 aromatic heterocycles. The molecule has 260 valence electrons. The van der Waals surface area contributed by atoms with E-state index >= 15 is 0 Å². The molecule has 2 aliphatic rings. The average Bonchev–Trinajstić information content (AvgIpc) is 3.27. The van der Waals surface area contributed by atoms with Gasteiger partial charge in [-0.3, -0.25) is 4.79 Å². The van der Waals surface area contributed by atoms with Crippen LogP contribution in [-0.4, -0.2) is 40.4 Å². The van der Waals surface area contributed by atoms with E-state index in [9.17, 15) is 15.0 Å². The van der Waals surface area contributed by atoms with Crippen LogP contribution in [0.1, 0.15) is 168 Å². The zero-order valence-electron chi connectivity index (χ0n) is 29.1. The van der Waals surface area contributed by atoms with E-state index < -0.39 is 6.10 Å². The van der Waals surface area contributed by atoms with E-state index in [1.807, 2.05) is 6.08 Å². The minimum absolute atomic E-state index is 0.0240. The van der Waals surface area contributed by atoms with Crippen LogP contribution < -0.4 is 0 Å². The lowest BCUT2D eigenvalue weighted by molar-refractivity contribution is -0.142. The molecule has 0 aromatic carbocycles. The molecule has 5 heteroatoms. The molecule has 2 rings (SSSR count). The second-order valence-corrected chi connectivity index (χ2v) is 14.7. The highest BCUT2D eigenvalue weighted by molar-refractivity contribution is 6.21. The van der Waals surface area contributed by atoms with E-state index in [2.05, 4.69) is 44.2 Å². The van der Waals surface area contributed by atoms with Gasteiger partial charge in [0.15, 0.2) is 0 Å². The van der Waals surface area contributed by atoms with Crippen molar-refractivity contribution in [1.29, 1.82) is 0 Å². The number of rotatable bonds is 27. The van der Waals surface area contributed by atoms with E-state index in [0.717, 1.165) is 44.9 Å². The third-order valence-electron chi connectivity index (χ3n) is 10.7. The van der Waals surface area contributed by atoms with Gasteiger partial charge in [0.05, 0.1) is 12.2 Å². The quantitative estimate of drug-likeness (QED) is 0.0402. The second-order valence-electron chi connectivity index (χ2n) is 14.1. The van der Waals surface area contributed by atoms with E-state index in [1.165, 1.54) is 89.9 Å². The van der Waals surface area contributed by atoms with Crippen molar-refractivity contribution in [2.24, 2.45) is 17.3 Å². The van der Waals surface area contributed by atoms with Crippen molar-refractivity contribution in [3.05, 3.63) is 36.5 Å². The molecule has 2 aliphatic carbocycles. The van der Waals surface area contributed by atoms with E-state index in [4.69, 9.17) is 16.3 Å². The van der Waals surface area contributed by atoms with Crippen molar-refractivity contribution in [3.63, 3.8) is 0 Å². The van der Waals surface area contributed by atoms with Crippen LogP contribution in [0, 0.1) is 17.3 Å². The first-order valence-corrected chi connectivity index (χ1v) is 19.5. The molecule has 5 atom stereocenters. The number of aliphatic hydroxyl groups excluding tert-OH is 2. The third kappa shape index (κ3) is 16.5. The van der Waals surface area contributed by atoms with E-state index in [0.29, 0.717) is 25.9 Å². The summed E-state index contributed by atoms with van der Waals surface area (Å²) in [5.74, 6) is 0.0791. The number of allylic oxidation sites excluding steroid dienone is 3. The summed E-state index contributed by atoms with van der Waals surface area (Å²) in [7, 11) is 0. The molecule has 0 radical (unpaired) electrons. The molecule has 0 aliphatic heterocycles. The lowest BCUT2D eigenvalue weighted by atomic mass is 9.63. The summed E-state index contributed by atoms with van der Waals surface area (Å²) < 4.78 is 5.36. The van der Waals surface area contributed by atoms with E-state index in [1.54, 1.807) is 0 Å². The summed E-state index contributed by atoms with van der Waals surface area (Å²) >= 11 is 6.62. The molecule has 2 saturated carbocycles. The van der Waals surface area contributed by atoms with Gasteiger partial charge < -0.3 is 14.9 Å². The number of carbonyl (C=O) groups excluding carboxylic acids is 1. The predicted octanol–water partition coefficient (Wildman–Crippen LogP) is 11.2. The molecule has 45 heavy (non-hydrogen) atoms. The lowest BCUT2D eigenvalue weighted by Crippen LogP contribution is -2.40. The fourth-order valence-corrected chi connectivity index (χ4v) is 7.70. The van der Waals surface area contributed by atoms with Crippen molar-refractivity contribution >= 4 is 17.6 Å². The van der Waals surface area contributed by atoms with Crippen LogP contribution in [-0.2, 0) is 9.53 Å². The Balaban J connectivity index is 1.45. The molecule has 0 spiro atoms. The second kappa shape index (κ2) is 25.0. The first-order chi connectivity index (χ1) is 21.9. The third-order valence-corrected chi connectivity index (χ3v) is 11.2. The number of alkyl halides is 1. The van der Waals surface area contributed by atoms with E-state index in [-0.39, 0.29) is 34.7 Å². The van der Waals surface area contributed by atoms with Gasteiger partial charge in [-0.05, 0) is 75.5 Å². The maximum Gasteiger partial charge on any atom is 0.306 e. The Hall–Kier alpha value is -1.10. The molecular weight excluding hydrogens is 580 g/mol. The largest absolute Gasteiger partial charge is 0.461 e. The summed E-state index contributed by atoms with van der Waals surface area (Å²) in [5, 5.41) is 21.3. The minimum Gasteiger partial charge on any atom is -0.461 e. The van der Waals surface area contributed by atoms with Crippen LogP contribution in [0.5, 0.6) is 0 Å².